The Kier molecular flexibility index (Phi) is 6.60. The Labute approximate surface area is 224 Å². The number of rotatable bonds is 9. The maximum absolute atomic E-state index is 13.7. The number of carboxylic acids is 1. The number of carboxylic acid groups (broad SMARTS) is 1. The number of aromatic carboxylic acids is 1. The molecule has 2 amide bonds. The molecule has 0 bridgehead atoms. The van der Waals surface area contributed by atoms with E-state index in [0.29, 0.717) is 35.2 Å². The van der Waals surface area contributed by atoms with Crippen molar-refractivity contribution in [2.75, 3.05) is 27.2 Å². The molecule has 192 valence electrons. The molecule has 0 spiro atoms. The lowest BCUT2D eigenvalue weighted by Gasteiger charge is -2.24. The van der Waals surface area contributed by atoms with Crippen LogP contribution in [-0.4, -0.2) is 59.9 Å². The predicted molar refractivity (Wildman–Crippen MR) is 144 cm³/mol. The molecular formula is C28H28ClN3O4S. The normalized spacial score (nSPS) is 17.8. The highest BCUT2D eigenvalue weighted by Crippen LogP contribution is 2.49. The average Bonchev–Trinajstić information content (AvgIpc) is 3.42. The molecule has 1 unspecified atom stereocenters. The molecule has 0 saturated heterocycles. The van der Waals surface area contributed by atoms with Gasteiger partial charge in [-0.1, -0.05) is 54.1 Å². The summed E-state index contributed by atoms with van der Waals surface area (Å²) in [5.41, 5.74) is 10.2. The van der Waals surface area contributed by atoms with E-state index in [9.17, 15) is 19.5 Å². The van der Waals surface area contributed by atoms with Crippen molar-refractivity contribution in [3.8, 4) is 11.1 Å². The van der Waals surface area contributed by atoms with Gasteiger partial charge in [-0.2, -0.15) is 0 Å². The Hall–Kier alpha value is -3.20. The van der Waals surface area contributed by atoms with Crippen LogP contribution in [0.15, 0.2) is 47.8 Å². The van der Waals surface area contributed by atoms with E-state index in [1.807, 2.05) is 6.07 Å². The Morgan fingerprint density at radius 3 is 2.54 bits per heavy atom. The molecule has 2 aromatic carbocycles. The number of hydrogen-bond donors (Lipinski definition) is 2. The van der Waals surface area contributed by atoms with Crippen molar-refractivity contribution in [2.24, 2.45) is 5.73 Å². The van der Waals surface area contributed by atoms with E-state index >= 15 is 0 Å². The highest BCUT2D eigenvalue weighted by molar-refractivity contribution is 7.13. The zero-order valence-electron chi connectivity index (χ0n) is 20.7. The van der Waals surface area contributed by atoms with Crippen LogP contribution in [0.25, 0.3) is 11.1 Å². The fourth-order valence-electron chi connectivity index (χ4n) is 5.50. The Balaban J connectivity index is 1.44. The molecule has 5 rings (SSSR count). The fourth-order valence-corrected chi connectivity index (χ4v) is 6.73. The molecule has 1 atom stereocenters. The number of halogens is 1. The molecule has 3 aromatic rings. The minimum atomic E-state index is -1.13. The third-order valence-corrected chi connectivity index (χ3v) is 8.79. The summed E-state index contributed by atoms with van der Waals surface area (Å²) in [6.07, 6.45) is 2.90. The van der Waals surface area contributed by atoms with Gasteiger partial charge in [-0.25, -0.2) is 4.79 Å². The van der Waals surface area contributed by atoms with Gasteiger partial charge in [0.25, 0.3) is 5.91 Å². The van der Waals surface area contributed by atoms with Gasteiger partial charge in [0.05, 0.1) is 10.6 Å². The minimum Gasteiger partial charge on any atom is -0.477 e. The summed E-state index contributed by atoms with van der Waals surface area (Å²) in [5, 5.41) is 11.1. The van der Waals surface area contributed by atoms with Gasteiger partial charge in [0.15, 0.2) is 0 Å². The average molecular weight is 538 g/mol. The van der Waals surface area contributed by atoms with E-state index in [4.69, 9.17) is 17.3 Å². The first kappa shape index (κ1) is 25.4. The Bertz CT molecular complexity index is 1410. The summed E-state index contributed by atoms with van der Waals surface area (Å²) in [7, 11) is 4.18. The summed E-state index contributed by atoms with van der Waals surface area (Å²) in [4.78, 5) is 41.5. The molecule has 1 aromatic heterocycles. The van der Waals surface area contributed by atoms with Gasteiger partial charge >= 0.3 is 5.97 Å². The molecule has 1 fully saturated rings. The number of benzene rings is 2. The number of carbonyl (C=O) groups excluding carboxylic acids is 2. The lowest BCUT2D eigenvalue weighted by Crippen LogP contribution is -2.37. The van der Waals surface area contributed by atoms with Crippen LogP contribution in [0.1, 0.15) is 55.6 Å². The van der Waals surface area contributed by atoms with Gasteiger partial charge < -0.3 is 20.6 Å². The quantitative estimate of drug-likeness (QED) is 0.415. The van der Waals surface area contributed by atoms with Gasteiger partial charge in [0.1, 0.15) is 10.9 Å². The van der Waals surface area contributed by atoms with Crippen LogP contribution < -0.4 is 5.73 Å². The van der Waals surface area contributed by atoms with E-state index in [2.05, 4.69) is 37.2 Å². The molecule has 2 aliphatic rings. The van der Waals surface area contributed by atoms with Crippen LogP contribution in [-0.2, 0) is 16.6 Å². The lowest BCUT2D eigenvalue weighted by molar-refractivity contribution is -0.122. The van der Waals surface area contributed by atoms with Crippen molar-refractivity contribution in [1.82, 2.24) is 9.80 Å². The Morgan fingerprint density at radius 1 is 1.19 bits per heavy atom. The monoisotopic (exact) mass is 537 g/mol. The molecule has 7 nitrogen and oxygen atoms in total. The minimum absolute atomic E-state index is 0.00519. The third kappa shape index (κ3) is 4.54. The molecule has 0 radical (unpaired) electrons. The van der Waals surface area contributed by atoms with Crippen molar-refractivity contribution >= 4 is 40.7 Å². The third-order valence-electron chi connectivity index (χ3n) is 7.32. The van der Waals surface area contributed by atoms with Gasteiger partial charge in [-0.05, 0) is 55.6 Å². The van der Waals surface area contributed by atoms with E-state index in [1.54, 1.807) is 23.6 Å². The van der Waals surface area contributed by atoms with Crippen molar-refractivity contribution in [3.05, 3.63) is 80.0 Å². The maximum Gasteiger partial charge on any atom is 0.347 e. The number of primary amides is 1. The Morgan fingerprint density at radius 2 is 1.92 bits per heavy atom. The van der Waals surface area contributed by atoms with Gasteiger partial charge in [-0.3, -0.25) is 9.59 Å². The number of carbonyl (C=O) groups is 3. The predicted octanol–water partition coefficient (Wildman–Crippen LogP) is 4.58. The van der Waals surface area contributed by atoms with Crippen molar-refractivity contribution in [1.29, 1.82) is 0 Å². The first-order valence-corrected chi connectivity index (χ1v) is 13.4. The van der Waals surface area contributed by atoms with Gasteiger partial charge in [-0.15, -0.1) is 11.3 Å². The zero-order valence-corrected chi connectivity index (χ0v) is 22.2. The number of nitrogens with two attached hydrogens (primary N) is 1. The standard InChI is InChI=1S/C28H28ClN3O4S/c1-31(2)15-28(10-11-28)17-6-3-5-16(13-17)9-12-32-23(25(30)33)19-8-4-7-18(21(19)26(32)34)20-14-37-24(22(20)29)27(35)36/h3-8,13-14,23H,9-12,15H2,1-2H3,(H2,30,33)(H,35,36). The number of amides is 2. The van der Waals surface area contributed by atoms with Crippen LogP contribution in [0.5, 0.6) is 0 Å². The largest absolute Gasteiger partial charge is 0.477 e. The summed E-state index contributed by atoms with van der Waals surface area (Å²) in [6.45, 7) is 1.32. The number of fused-ring (bicyclic) bond motifs is 1. The summed E-state index contributed by atoms with van der Waals surface area (Å²) >= 11 is 7.38. The van der Waals surface area contributed by atoms with Crippen LogP contribution in [0, 0.1) is 0 Å². The molecule has 3 N–H and O–H groups in total. The fraction of sp³-hybridized carbons (Fsp3) is 0.321. The van der Waals surface area contributed by atoms with Crippen molar-refractivity contribution < 1.29 is 19.5 Å². The summed E-state index contributed by atoms with van der Waals surface area (Å²) < 4.78 is 0. The number of likely N-dealkylation sites (N-methyl/N-ethyl adjacent to an activating group) is 1. The molecule has 1 saturated carbocycles. The second-order valence-corrected chi connectivity index (χ2v) is 11.4. The molecule has 37 heavy (non-hydrogen) atoms. The second-order valence-electron chi connectivity index (χ2n) is 10.1. The van der Waals surface area contributed by atoms with Crippen LogP contribution in [0.4, 0.5) is 0 Å². The highest BCUT2D eigenvalue weighted by atomic mass is 35.5. The zero-order chi connectivity index (χ0) is 26.5. The van der Waals surface area contributed by atoms with Crippen LogP contribution in [0.2, 0.25) is 5.02 Å². The SMILES string of the molecule is CN(C)CC1(c2cccc(CCN3C(=O)c4c(-c5csc(C(=O)O)c5Cl)cccc4C3C(N)=O)c2)CC1. The van der Waals surface area contributed by atoms with Crippen LogP contribution >= 0.6 is 22.9 Å². The maximum atomic E-state index is 13.7. The van der Waals surface area contributed by atoms with E-state index < -0.39 is 17.9 Å². The van der Waals surface area contributed by atoms with Crippen molar-refractivity contribution in [2.45, 2.75) is 30.7 Å². The molecule has 9 heteroatoms. The van der Waals surface area contributed by atoms with Gasteiger partial charge in [0.2, 0.25) is 5.91 Å². The van der Waals surface area contributed by atoms with Crippen molar-refractivity contribution in [3.63, 3.8) is 0 Å². The van der Waals surface area contributed by atoms with E-state index in [-0.39, 0.29) is 21.2 Å². The first-order valence-electron chi connectivity index (χ1n) is 12.1. The number of thiophene rings is 1. The highest BCUT2D eigenvalue weighted by Gasteiger charge is 2.45. The van der Waals surface area contributed by atoms with Gasteiger partial charge in [0, 0.05) is 29.4 Å². The lowest BCUT2D eigenvalue weighted by atomic mass is 9.93. The molecule has 2 heterocycles. The summed E-state index contributed by atoms with van der Waals surface area (Å²) in [5.74, 6) is -2.04. The molecule has 1 aliphatic heterocycles. The van der Waals surface area contributed by atoms with E-state index in [0.717, 1.165) is 36.3 Å². The topological polar surface area (TPSA) is 104 Å². The summed E-state index contributed by atoms with van der Waals surface area (Å²) in [6, 6.07) is 12.8. The molecule has 1 aliphatic carbocycles. The number of nitrogens with zero attached hydrogens (tertiary/aromatic N) is 2. The second kappa shape index (κ2) is 9.59. The van der Waals surface area contributed by atoms with E-state index in [1.165, 1.54) is 10.5 Å². The van der Waals surface area contributed by atoms with Crippen LogP contribution in [0.3, 0.4) is 0 Å². The smallest absolute Gasteiger partial charge is 0.347 e. The first-order chi connectivity index (χ1) is 17.6. The molecular weight excluding hydrogens is 510 g/mol. The number of hydrogen-bond acceptors (Lipinski definition) is 5.